The van der Waals surface area contributed by atoms with Crippen LogP contribution < -0.4 is 20.5 Å². The SMILES string of the molecule is C[C@@H](Oc1cc(-n2cnc3ccc(CS(C)(=O)=O)cc32)cc(C(N)=O)c1S)c1cccc(OC2CCNCC2)c1Cl. The van der Waals surface area contributed by atoms with Crippen molar-refractivity contribution in [2.24, 2.45) is 5.73 Å². The lowest BCUT2D eigenvalue weighted by atomic mass is 10.1. The lowest BCUT2D eigenvalue weighted by Crippen LogP contribution is -2.34. The van der Waals surface area contributed by atoms with Gasteiger partial charge in [0.15, 0.2) is 9.84 Å². The first-order chi connectivity index (χ1) is 19.5. The molecule has 1 atom stereocenters. The van der Waals surface area contributed by atoms with Gasteiger partial charge in [-0.25, -0.2) is 13.4 Å². The number of nitrogens with two attached hydrogens (primary N) is 1. The van der Waals surface area contributed by atoms with Crippen LogP contribution in [0.15, 0.2) is 59.8 Å². The zero-order valence-electron chi connectivity index (χ0n) is 22.6. The van der Waals surface area contributed by atoms with Crippen molar-refractivity contribution in [3.05, 3.63) is 76.6 Å². The number of hydrogen-bond acceptors (Lipinski definition) is 8. The van der Waals surface area contributed by atoms with Gasteiger partial charge in [0.2, 0.25) is 5.91 Å². The van der Waals surface area contributed by atoms with E-state index in [2.05, 4.69) is 22.9 Å². The minimum atomic E-state index is -3.24. The number of rotatable bonds is 9. The van der Waals surface area contributed by atoms with E-state index >= 15 is 0 Å². The highest BCUT2D eigenvalue weighted by Gasteiger charge is 2.22. The highest BCUT2D eigenvalue weighted by atomic mass is 35.5. The predicted molar refractivity (Wildman–Crippen MR) is 162 cm³/mol. The van der Waals surface area contributed by atoms with E-state index in [-0.39, 0.29) is 22.3 Å². The molecule has 9 nitrogen and oxygen atoms in total. The van der Waals surface area contributed by atoms with Crippen LogP contribution in [0.2, 0.25) is 5.02 Å². The molecule has 4 aromatic rings. The van der Waals surface area contributed by atoms with Crippen molar-refractivity contribution < 1.29 is 22.7 Å². The normalized spacial score (nSPS) is 15.1. The Labute approximate surface area is 249 Å². The molecule has 0 saturated carbocycles. The van der Waals surface area contributed by atoms with Crippen LogP contribution in [0.5, 0.6) is 11.5 Å². The van der Waals surface area contributed by atoms with Crippen LogP contribution in [0.4, 0.5) is 0 Å². The number of amides is 1. The van der Waals surface area contributed by atoms with Gasteiger partial charge in [-0.2, -0.15) is 0 Å². The van der Waals surface area contributed by atoms with Gasteiger partial charge < -0.3 is 20.5 Å². The van der Waals surface area contributed by atoms with Gasteiger partial charge in [0.1, 0.15) is 30.0 Å². The average molecular weight is 615 g/mol. The number of thiol groups is 1. The van der Waals surface area contributed by atoms with Gasteiger partial charge >= 0.3 is 0 Å². The van der Waals surface area contributed by atoms with Gasteiger partial charge in [0.25, 0.3) is 0 Å². The fourth-order valence-electron chi connectivity index (χ4n) is 4.94. The molecule has 0 unspecified atom stereocenters. The van der Waals surface area contributed by atoms with Crippen LogP contribution >= 0.6 is 24.2 Å². The molecule has 0 aliphatic carbocycles. The number of piperidine rings is 1. The van der Waals surface area contributed by atoms with Crippen LogP contribution in [0, 0.1) is 0 Å². The maximum absolute atomic E-state index is 12.4. The molecule has 1 saturated heterocycles. The maximum Gasteiger partial charge on any atom is 0.250 e. The lowest BCUT2D eigenvalue weighted by molar-refractivity contribution is 0.0996. The van der Waals surface area contributed by atoms with Gasteiger partial charge in [0.05, 0.1) is 38.0 Å². The molecule has 3 aromatic carbocycles. The van der Waals surface area contributed by atoms with Gasteiger partial charge in [-0.3, -0.25) is 9.36 Å². The molecule has 2 heterocycles. The second-order valence-corrected chi connectivity index (χ2v) is 13.2. The monoisotopic (exact) mass is 614 g/mol. The number of halogens is 1. The third-order valence-corrected chi connectivity index (χ3v) is 8.68. The number of benzene rings is 3. The summed E-state index contributed by atoms with van der Waals surface area (Å²) in [5.74, 6) is 0.136. The first-order valence-electron chi connectivity index (χ1n) is 13.1. The molecule has 0 spiro atoms. The summed E-state index contributed by atoms with van der Waals surface area (Å²) in [4.78, 5) is 17.1. The molecule has 41 heavy (non-hydrogen) atoms. The third-order valence-electron chi connectivity index (χ3n) is 6.96. The Morgan fingerprint density at radius 2 is 1.95 bits per heavy atom. The average Bonchev–Trinajstić information content (AvgIpc) is 3.33. The van der Waals surface area contributed by atoms with E-state index in [1.165, 1.54) is 6.26 Å². The summed E-state index contributed by atoms with van der Waals surface area (Å²) in [6.45, 7) is 3.65. The number of fused-ring (bicyclic) bond motifs is 1. The Bertz CT molecular complexity index is 1720. The second kappa shape index (κ2) is 11.9. The van der Waals surface area contributed by atoms with Crippen molar-refractivity contribution in [1.82, 2.24) is 14.9 Å². The third kappa shape index (κ3) is 6.64. The van der Waals surface area contributed by atoms with Crippen molar-refractivity contribution in [1.29, 1.82) is 0 Å². The largest absolute Gasteiger partial charge is 0.489 e. The van der Waals surface area contributed by atoms with Crippen LogP contribution in [-0.2, 0) is 15.6 Å². The van der Waals surface area contributed by atoms with Crippen LogP contribution in [0.1, 0.15) is 47.4 Å². The summed E-state index contributed by atoms with van der Waals surface area (Å²) < 4.78 is 38.0. The number of ether oxygens (including phenoxy) is 2. The number of primary amides is 1. The van der Waals surface area contributed by atoms with Crippen LogP contribution in [0.3, 0.4) is 0 Å². The molecule has 1 aliphatic rings. The molecule has 0 radical (unpaired) electrons. The van der Waals surface area contributed by atoms with Crippen molar-refractivity contribution in [3.63, 3.8) is 0 Å². The molecule has 1 fully saturated rings. The Kier molecular flexibility index (Phi) is 8.51. The number of aromatic nitrogens is 2. The molecule has 0 bridgehead atoms. The molecule has 12 heteroatoms. The van der Waals surface area contributed by atoms with Crippen molar-refractivity contribution >= 4 is 51.0 Å². The highest BCUT2D eigenvalue weighted by Crippen LogP contribution is 2.38. The van der Waals surface area contributed by atoms with Gasteiger partial charge in [0, 0.05) is 17.9 Å². The first-order valence-corrected chi connectivity index (χ1v) is 16.0. The molecule has 1 amide bonds. The highest BCUT2D eigenvalue weighted by molar-refractivity contribution is 7.89. The maximum atomic E-state index is 12.4. The molecule has 5 rings (SSSR count). The summed E-state index contributed by atoms with van der Waals surface area (Å²) in [6, 6.07) is 14.2. The van der Waals surface area contributed by atoms with E-state index in [1.54, 1.807) is 41.2 Å². The minimum absolute atomic E-state index is 0.0852. The minimum Gasteiger partial charge on any atom is -0.489 e. The fraction of sp³-hybridized carbons (Fsp3) is 0.310. The summed E-state index contributed by atoms with van der Waals surface area (Å²) in [6.07, 6.45) is 4.14. The summed E-state index contributed by atoms with van der Waals surface area (Å²) >= 11 is 11.4. The number of carbonyl (C=O) groups is 1. The Morgan fingerprint density at radius 1 is 1.20 bits per heavy atom. The number of nitrogens with zero attached hydrogens (tertiary/aromatic N) is 2. The van der Waals surface area contributed by atoms with Gasteiger partial charge in [-0.15, -0.1) is 12.6 Å². The van der Waals surface area contributed by atoms with Crippen molar-refractivity contribution in [2.45, 2.75) is 42.6 Å². The van der Waals surface area contributed by atoms with E-state index < -0.39 is 21.8 Å². The van der Waals surface area contributed by atoms with Crippen LogP contribution in [0.25, 0.3) is 16.7 Å². The van der Waals surface area contributed by atoms with Crippen molar-refractivity contribution in [3.8, 4) is 17.2 Å². The molecular formula is C29H31ClN4O5S2. The zero-order valence-corrected chi connectivity index (χ0v) is 25.1. The number of nitrogens with one attached hydrogen (secondary N) is 1. The predicted octanol–water partition coefficient (Wildman–Crippen LogP) is 4.88. The smallest absolute Gasteiger partial charge is 0.250 e. The first kappa shape index (κ1) is 29.2. The van der Waals surface area contributed by atoms with E-state index in [0.717, 1.165) is 31.5 Å². The Morgan fingerprint density at radius 3 is 2.66 bits per heavy atom. The van der Waals surface area contributed by atoms with Crippen LogP contribution in [-0.4, -0.2) is 49.3 Å². The summed E-state index contributed by atoms with van der Waals surface area (Å²) in [5.41, 5.74) is 9.08. The van der Waals surface area contributed by atoms with E-state index in [4.69, 9.17) is 26.8 Å². The number of hydrogen-bond donors (Lipinski definition) is 3. The van der Waals surface area contributed by atoms with E-state index in [0.29, 0.717) is 38.8 Å². The molecule has 1 aliphatic heterocycles. The Hall–Kier alpha value is -3.25. The quantitative estimate of drug-likeness (QED) is 0.229. The van der Waals surface area contributed by atoms with Gasteiger partial charge in [-0.1, -0.05) is 29.8 Å². The number of sulfone groups is 1. The number of imidazole rings is 1. The standard InChI is InChI=1S/C29H31ClN4O5S2/c1-17(21-4-3-5-25(27(21)30)39-20-8-10-32-11-9-20)38-26-14-19(13-22(28(26)40)29(31)35)34-16-33-23-7-6-18(12-24(23)34)15-41(2,36)37/h3-7,12-14,16-17,20,32,40H,8-11,15H2,1-2H3,(H2,31,35)/t17-/m1/s1. The van der Waals surface area contributed by atoms with E-state index in [9.17, 15) is 13.2 Å². The Balaban J connectivity index is 1.50. The van der Waals surface area contributed by atoms with Gasteiger partial charge in [-0.05, 0) is 62.7 Å². The zero-order chi connectivity index (χ0) is 29.3. The second-order valence-electron chi connectivity index (χ2n) is 10.2. The molecule has 3 N–H and O–H groups in total. The number of carbonyl (C=O) groups excluding carboxylic acids is 1. The van der Waals surface area contributed by atoms with Crippen molar-refractivity contribution in [2.75, 3.05) is 19.3 Å². The molecular weight excluding hydrogens is 584 g/mol. The summed E-state index contributed by atoms with van der Waals surface area (Å²) in [7, 11) is -3.24. The topological polar surface area (TPSA) is 126 Å². The van der Waals surface area contributed by atoms with E-state index in [1.807, 2.05) is 25.1 Å². The fourth-order valence-corrected chi connectivity index (χ4v) is 6.34. The lowest BCUT2D eigenvalue weighted by Gasteiger charge is -2.25. The summed E-state index contributed by atoms with van der Waals surface area (Å²) in [5, 5.41) is 3.79. The molecule has 216 valence electrons. The molecule has 1 aromatic heterocycles.